The molecule has 0 saturated carbocycles. The summed E-state index contributed by atoms with van der Waals surface area (Å²) in [6, 6.07) is 6.62. The monoisotopic (exact) mass is 271 g/mol. The number of sulfonamides is 1. The van der Waals surface area contributed by atoms with Crippen molar-refractivity contribution in [2.45, 2.75) is 37.5 Å². The van der Waals surface area contributed by atoms with Gasteiger partial charge in [0.2, 0.25) is 10.0 Å². The van der Waals surface area contributed by atoms with Crippen LogP contribution in [0.3, 0.4) is 0 Å². The summed E-state index contributed by atoms with van der Waals surface area (Å²) >= 11 is 0. The fraction of sp³-hybridized carbons (Fsp3) is 0.538. The molecule has 0 unspecified atom stereocenters. The summed E-state index contributed by atoms with van der Waals surface area (Å²) in [7, 11) is -3.38. The zero-order chi connectivity index (χ0) is 13.4. The molecule has 0 fully saturated rings. The Bertz CT molecular complexity index is 440. The van der Waals surface area contributed by atoms with Crippen molar-refractivity contribution in [3.8, 4) is 0 Å². The molecule has 0 aromatic heterocycles. The van der Waals surface area contributed by atoms with Crippen molar-refractivity contribution in [3.63, 3.8) is 0 Å². The molecule has 0 aliphatic heterocycles. The topological polar surface area (TPSA) is 66.4 Å². The van der Waals surface area contributed by atoms with Crippen LogP contribution in [0.2, 0.25) is 0 Å². The smallest absolute Gasteiger partial charge is 0.240 e. The minimum Gasteiger partial charge on any atom is -0.396 e. The highest BCUT2D eigenvalue weighted by atomic mass is 32.2. The molecule has 0 aliphatic rings. The lowest BCUT2D eigenvalue weighted by Crippen LogP contribution is -2.24. The van der Waals surface area contributed by atoms with E-state index in [0.717, 1.165) is 24.8 Å². The SMILES string of the molecule is CCCCCNS(=O)(=O)c1ccc(CCO)cc1. The first-order valence-electron chi connectivity index (χ1n) is 6.29. The fourth-order valence-corrected chi connectivity index (χ4v) is 2.70. The number of hydrogen-bond acceptors (Lipinski definition) is 3. The number of hydrogen-bond donors (Lipinski definition) is 2. The molecule has 1 rings (SSSR count). The first-order valence-corrected chi connectivity index (χ1v) is 7.78. The molecule has 0 bridgehead atoms. The van der Waals surface area contributed by atoms with Crippen LogP contribution in [-0.2, 0) is 16.4 Å². The van der Waals surface area contributed by atoms with Gasteiger partial charge in [-0.15, -0.1) is 0 Å². The minimum atomic E-state index is -3.38. The highest BCUT2D eigenvalue weighted by molar-refractivity contribution is 7.89. The molecule has 0 amide bonds. The van der Waals surface area contributed by atoms with Gasteiger partial charge in [-0.05, 0) is 30.5 Å². The Hall–Kier alpha value is -0.910. The first kappa shape index (κ1) is 15.1. The van der Waals surface area contributed by atoms with Crippen molar-refractivity contribution in [2.75, 3.05) is 13.2 Å². The molecule has 102 valence electrons. The van der Waals surface area contributed by atoms with Gasteiger partial charge in [0, 0.05) is 13.2 Å². The molecule has 0 aliphatic carbocycles. The maximum absolute atomic E-state index is 11.9. The van der Waals surface area contributed by atoms with Gasteiger partial charge < -0.3 is 5.11 Å². The molecule has 1 aromatic rings. The van der Waals surface area contributed by atoms with E-state index < -0.39 is 10.0 Å². The molecule has 4 nitrogen and oxygen atoms in total. The van der Waals surface area contributed by atoms with Crippen molar-refractivity contribution >= 4 is 10.0 Å². The summed E-state index contributed by atoms with van der Waals surface area (Å²) in [5.74, 6) is 0. The van der Waals surface area contributed by atoms with E-state index in [1.165, 1.54) is 0 Å². The Morgan fingerprint density at radius 2 is 1.83 bits per heavy atom. The van der Waals surface area contributed by atoms with E-state index in [9.17, 15) is 8.42 Å². The molecule has 18 heavy (non-hydrogen) atoms. The molecule has 5 heteroatoms. The quantitative estimate of drug-likeness (QED) is 0.707. The summed E-state index contributed by atoms with van der Waals surface area (Å²) < 4.78 is 26.4. The molecule has 0 heterocycles. The van der Waals surface area contributed by atoms with Crippen LogP contribution in [0.5, 0.6) is 0 Å². The van der Waals surface area contributed by atoms with Gasteiger partial charge in [0.1, 0.15) is 0 Å². The third-order valence-electron chi connectivity index (χ3n) is 2.71. The maximum atomic E-state index is 11.9. The van der Waals surface area contributed by atoms with Gasteiger partial charge in [0.15, 0.2) is 0 Å². The number of aliphatic hydroxyl groups excluding tert-OH is 1. The minimum absolute atomic E-state index is 0.0708. The lowest BCUT2D eigenvalue weighted by atomic mass is 10.2. The predicted molar refractivity (Wildman–Crippen MR) is 71.9 cm³/mol. The maximum Gasteiger partial charge on any atom is 0.240 e. The van der Waals surface area contributed by atoms with Crippen LogP contribution < -0.4 is 4.72 Å². The highest BCUT2D eigenvalue weighted by Gasteiger charge is 2.12. The normalized spacial score (nSPS) is 11.7. The molecule has 0 saturated heterocycles. The Morgan fingerprint density at radius 3 is 2.39 bits per heavy atom. The Labute approximate surface area is 109 Å². The van der Waals surface area contributed by atoms with Crippen LogP contribution in [0.15, 0.2) is 29.2 Å². The molecule has 0 atom stereocenters. The third kappa shape index (κ3) is 4.76. The second-order valence-electron chi connectivity index (χ2n) is 4.22. The summed E-state index contributed by atoms with van der Waals surface area (Å²) in [6.45, 7) is 2.63. The standard InChI is InChI=1S/C13H21NO3S/c1-2-3-4-10-14-18(16,17)13-7-5-12(6-8-13)9-11-15/h5-8,14-15H,2-4,9-11H2,1H3. The fourth-order valence-electron chi connectivity index (χ4n) is 1.63. The molecule has 0 spiro atoms. The zero-order valence-corrected chi connectivity index (χ0v) is 11.5. The lowest BCUT2D eigenvalue weighted by Gasteiger charge is -2.07. The van der Waals surface area contributed by atoms with Crippen molar-refractivity contribution in [2.24, 2.45) is 0 Å². The predicted octanol–water partition coefficient (Wildman–Crippen LogP) is 1.69. The van der Waals surface area contributed by atoms with Gasteiger partial charge in [0.05, 0.1) is 4.90 Å². The molecular formula is C13H21NO3S. The summed E-state index contributed by atoms with van der Waals surface area (Å²) in [5, 5.41) is 8.78. The third-order valence-corrected chi connectivity index (χ3v) is 4.18. The number of benzene rings is 1. The molecule has 2 N–H and O–H groups in total. The van der Waals surface area contributed by atoms with E-state index in [2.05, 4.69) is 11.6 Å². The van der Waals surface area contributed by atoms with E-state index in [4.69, 9.17) is 5.11 Å². The van der Waals surface area contributed by atoms with E-state index in [1.807, 2.05) is 0 Å². The number of aliphatic hydroxyl groups is 1. The van der Waals surface area contributed by atoms with Crippen LogP contribution in [0.4, 0.5) is 0 Å². The average Bonchev–Trinajstić information content (AvgIpc) is 2.36. The van der Waals surface area contributed by atoms with Crippen molar-refractivity contribution in [1.82, 2.24) is 4.72 Å². The Kier molecular flexibility index (Phi) is 6.32. The van der Waals surface area contributed by atoms with Gasteiger partial charge >= 0.3 is 0 Å². The summed E-state index contributed by atoms with van der Waals surface area (Å²) in [6.07, 6.45) is 3.50. The Morgan fingerprint density at radius 1 is 1.17 bits per heavy atom. The number of unbranched alkanes of at least 4 members (excludes halogenated alkanes) is 2. The van der Waals surface area contributed by atoms with Crippen LogP contribution >= 0.6 is 0 Å². The molecule has 0 radical (unpaired) electrons. The van der Waals surface area contributed by atoms with Crippen LogP contribution in [0.1, 0.15) is 31.7 Å². The van der Waals surface area contributed by atoms with Gasteiger partial charge in [-0.2, -0.15) is 0 Å². The van der Waals surface area contributed by atoms with Crippen molar-refractivity contribution < 1.29 is 13.5 Å². The van der Waals surface area contributed by atoms with Crippen LogP contribution in [0.25, 0.3) is 0 Å². The van der Waals surface area contributed by atoms with Crippen LogP contribution in [0, 0.1) is 0 Å². The molecular weight excluding hydrogens is 250 g/mol. The van der Waals surface area contributed by atoms with Crippen molar-refractivity contribution in [3.05, 3.63) is 29.8 Å². The second kappa shape index (κ2) is 7.51. The van der Waals surface area contributed by atoms with Gasteiger partial charge in [-0.25, -0.2) is 13.1 Å². The van der Waals surface area contributed by atoms with Crippen LogP contribution in [-0.4, -0.2) is 26.7 Å². The van der Waals surface area contributed by atoms with E-state index >= 15 is 0 Å². The van der Waals surface area contributed by atoms with E-state index in [0.29, 0.717) is 13.0 Å². The highest BCUT2D eigenvalue weighted by Crippen LogP contribution is 2.11. The summed E-state index contributed by atoms with van der Waals surface area (Å²) in [4.78, 5) is 0.278. The largest absolute Gasteiger partial charge is 0.396 e. The average molecular weight is 271 g/mol. The van der Waals surface area contributed by atoms with Gasteiger partial charge in [-0.1, -0.05) is 31.9 Å². The number of nitrogens with one attached hydrogen (secondary N) is 1. The van der Waals surface area contributed by atoms with Gasteiger partial charge in [-0.3, -0.25) is 0 Å². The zero-order valence-electron chi connectivity index (χ0n) is 10.7. The van der Waals surface area contributed by atoms with E-state index in [1.54, 1.807) is 24.3 Å². The molecule has 1 aromatic carbocycles. The van der Waals surface area contributed by atoms with Crippen molar-refractivity contribution in [1.29, 1.82) is 0 Å². The second-order valence-corrected chi connectivity index (χ2v) is 5.99. The van der Waals surface area contributed by atoms with Gasteiger partial charge in [0.25, 0.3) is 0 Å². The van der Waals surface area contributed by atoms with E-state index in [-0.39, 0.29) is 11.5 Å². The lowest BCUT2D eigenvalue weighted by molar-refractivity contribution is 0.299. The first-order chi connectivity index (χ1) is 8.60. The summed E-state index contributed by atoms with van der Waals surface area (Å²) in [5.41, 5.74) is 0.933. The Balaban J connectivity index is 2.61. The number of rotatable bonds is 8.